The molecule has 1 aliphatic heterocycles. The molecule has 4 rings (SSSR count). The summed E-state index contributed by atoms with van der Waals surface area (Å²) in [6.45, 7) is 1.88. The first-order valence-electron chi connectivity index (χ1n) is 10.5. The second-order valence-electron chi connectivity index (χ2n) is 8.07. The maximum atomic E-state index is 13.4. The van der Waals surface area contributed by atoms with Gasteiger partial charge in [0.1, 0.15) is 5.82 Å². The minimum atomic E-state index is -0.524. The predicted molar refractivity (Wildman–Crippen MR) is 115 cm³/mol. The van der Waals surface area contributed by atoms with Gasteiger partial charge in [0.15, 0.2) is 0 Å². The Morgan fingerprint density at radius 2 is 2.10 bits per heavy atom. The van der Waals surface area contributed by atoms with Crippen LogP contribution in [0.4, 0.5) is 4.39 Å². The summed E-state index contributed by atoms with van der Waals surface area (Å²) in [5.74, 6) is -0.0836. The third-order valence-electron chi connectivity index (χ3n) is 5.95. The van der Waals surface area contributed by atoms with Crippen LogP contribution in [0.15, 0.2) is 23.6 Å². The summed E-state index contributed by atoms with van der Waals surface area (Å²) >= 11 is 7.45. The lowest BCUT2D eigenvalue weighted by Crippen LogP contribution is -2.39. The highest BCUT2D eigenvalue weighted by Crippen LogP contribution is 2.30. The first kappa shape index (κ1) is 21.2. The summed E-state index contributed by atoms with van der Waals surface area (Å²) in [7, 11) is 0. The van der Waals surface area contributed by atoms with E-state index in [0.29, 0.717) is 25.2 Å². The van der Waals surface area contributed by atoms with Gasteiger partial charge in [0.25, 0.3) is 5.91 Å². The van der Waals surface area contributed by atoms with Crippen LogP contribution in [0.5, 0.6) is 0 Å². The van der Waals surface area contributed by atoms with Crippen LogP contribution in [0.1, 0.15) is 59.1 Å². The van der Waals surface area contributed by atoms with Gasteiger partial charge in [-0.15, -0.1) is 11.3 Å². The molecule has 5 nitrogen and oxygen atoms in total. The van der Waals surface area contributed by atoms with Gasteiger partial charge in [0.2, 0.25) is 5.91 Å². The second-order valence-corrected chi connectivity index (χ2v) is 9.36. The number of carbonyl (C=O) groups is 2. The van der Waals surface area contributed by atoms with E-state index < -0.39 is 5.82 Å². The molecule has 1 aliphatic carbocycles. The zero-order chi connectivity index (χ0) is 21.1. The molecule has 2 amide bonds. The highest BCUT2D eigenvalue weighted by atomic mass is 35.5. The first-order chi connectivity index (χ1) is 14.5. The summed E-state index contributed by atoms with van der Waals surface area (Å²) in [5.41, 5.74) is 1.39. The largest absolute Gasteiger partial charge is 0.355 e. The van der Waals surface area contributed by atoms with Gasteiger partial charge in [-0.3, -0.25) is 9.59 Å². The Morgan fingerprint density at radius 1 is 1.27 bits per heavy atom. The summed E-state index contributed by atoms with van der Waals surface area (Å²) in [4.78, 5) is 31.3. The van der Waals surface area contributed by atoms with Gasteiger partial charge in [-0.2, -0.15) is 0 Å². The van der Waals surface area contributed by atoms with Gasteiger partial charge < -0.3 is 10.2 Å². The molecule has 1 saturated carbocycles. The number of hydrogen-bond acceptors (Lipinski definition) is 4. The van der Waals surface area contributed by atoms with E-state index in [9.17, 15) is 14.0 Å². The number of carbonyl (C=O) groups excluding carboxylic acids is 2. The molecule has 1 saturated heterocycles. The van der Waals surface area contributed by atoms with Crippen molar-refractivity contribution in [1.82, 2.24) is 15.2 Å². The highest BCUT2D eigenvalue weighted by molar-refractivity contribution is 7.09. The number of amides is 2. The molecule has 2 heterocycles. The zero-order valence-corrected chi connectivity index (χ0v) is 18.3. The predicted octanol–water partition coefficient (Wildman–Crippen LogP) is 4.41. The zero-order valence-electron chi connectivity index (χ0n) is 16.7. The third-order valence-corrected chi connectivity index (χ3v) is 7.30. The SMILES string of the molecule is O=C(NCCc1csc(C2CCCN(C(=O)c3ccc(F)c(Cl)c3)C2)n1)C1CCC1. The van der Waals surface area contributed by atoms with E-state index in [1.54, 1.807) is 16.2 Å². The monoisotopic (exact) mass is 449 g/mol. The third kappa shape index (κ3) is 4.83. The molecule has 1 aromatic heterocycles. The number of rotatable bonds is 6. The Morgan fingerprint density at radius 3 is 2.83 bits per heavy atom. The fourth-order valence-corrected chi connectivity index (χ4v) is 5.09. The number of piperidine rings is 1. The van der Waals surface area contributed by atoms with Crippen molar-refractivity contribution in [3.05, 3.63) is 50.7 Å². The van der Waals surface area contributed by atoms with Crippen LogP contribution < -0.4 is 5.32 Å². The molecule has 1 N–H and O–H groups in total. The summed E-state index contributed by atoms with van der Waals surface area (Å²) in [5, 5.41) is 6.05. The van der Waals surface area contributed by atoms with Crippen molar-refractivity contribution in [2.45, 2.75) is 44.4 Å². The van der Waals surface area contributed by atoms with Gasteiger partial charge in [0, 0.05) is 48.8 Å². The lowest BCUT2D eigenvalue weighted by atomic mass is 9.85. The molecule has 1 atom stereocenters. The van der Waals surface area contributed by atoms with Crippen molar-refractivity contribution < 1.29 is 14.0 Å². The van der Waals surface area contributed by atoms with Crippen LogP contribution in [0, 0.1) is 11.7 Å². The van der Waals surface area contributed by atoms with E-state index in [1.165, 1.54) is 18.2 Å². The van der Waals surface area contributed by atoms with Crippen LogP contribution in [0.3, 0.4) is 0 Å². The Balaban J connectivity index is 1.32. The molecule has 1 aromatic carbocycles. The molecule has 0 bridgehead atoms. The van der Waals surface area contributed by atoms with E-state index in [-0.39, 0.29) is 28.7 Å². The molecule has 1 unspecified atom stereocenters. The molecule has 2 aliphatic rings. The molecule has 8 heteroatoms. The summed E-state index contributed by atoms with van der Waals surface area (Å²) < 4.78 is 13.4. The van der Waals surface area contributed by atoms with Crippen molar-refractivity contribution in [2.75, 3.05) is 19.6 Å². The van der Waals surface area contributed by atoms with E-state index >= 15 is 0 Å². The highest BCUT2D eigenvalue weighted by Gasteiger charge is 2.28. The van der Waals surface area contributed by atoms with Gasteiger partial charge in [-0.1, -0.05) is 18.0 Å². The van der Waals surface area contributed by atoms with Gasteiger partial charge in [-0.05, 0) is 43.9 Å². The molecular formula is C22H25ClFN3O2S. The maximum absolute atomic E-state index is 13.4. The summed E-state index contributed by atoms with van der Waals surface area (Å²) in [6.07, 6.45) is 5.78. The quantitative estimate of drug-likeness (QED) is 0.710. The maximum Gasteiger partial charge on any atom is 0.253 e. The summed E-state index contributed by atoms with van der Waals surface area (Å²) in [6, 6.07) is 4.10. The van der Waals surface area contributed by atoms with E-state index in [4.69, 9.17) is 16.6 Å². The Kier molecular flexibility index (Phi) is 6.68. The van der Waals surface area contributed by atoms with Crippen LogP contribution in [-0.4, -0.2) is 41.3 Å². The number of hydrogen-bond donors (Lipinski definition) is 1. The number of benzene rings is 1. The minimum Gasteiger partial charge on any atom is -0.355 e. The van der Waals surface area contributed by atoms with Crippen LogP contribution >= 0.6 is 22.9 Å². The fourth-order valence-electron chi connectivity index (χ4n) is 3.93. The number of nitrogens with zero attached hydrogens (tertiary/aromatic N) is 2. The van der Waals surface area contributed by atoms with Crippen molar-refractivity contribution in [3.8, 4) is 0 Å². The normalized spacial score (nSPS) is 19.4. The number of nitrogens with one attached hydrogen (secondary N) is 1. The van der Waals surface area contributed by atoms with E-state index in [2.05, 4.69) is 5.32 Å². The molecule has 2 aromatic rings. The van der Waals surface area contributed by atoms with Gasteiger partial charge >= 0.3 is 0 Å². The lowest BCUT2D eigenvalue weighted by molar-refractivity contribution is -0.127. The van der Waals surface area contributed by atoms with Gasteiger partial charge in [-0.25, -0.2) is 9.37 Å². The second kappa shape index (κ2) is 9.43. The molecule has 160 valence electrons. The number of halogens is 2. The van der Waals surface area contributed by atoms with E-state index in [0.717, 1.165) is 49.2 Å². The van der Waals surface area contributed by atoms with Crippen molar-refractivity contribution in [3.63, 3.8) is 0 Å². The molecule has 0 spiro atoms. The van der Waals surface area contributed by atoms with E-state index in [1.807, 2.05) is 5.38 Å². The number of thiazole rings is 1. The number of likely N-dealkylation sites (tertiary alicyclic amines) is 1. The van der Waals surface area contributed by atoms with Crippen molar-refractivity contribution in [2.24, 2.45) is 5.92 Å². The van der Waals surface area contributed by atoms with Crippen molar-refractivity contribution in [1.29, 1.82) is 0 Å². The molecule has 0 radical (unpaired) electrons. The molecular weight excluding hydrogens is 425 g/mol. The van der Waals surface area contributed by atoms with Crippen LogP contribution in [0.25, 0.3) is 0 Å². The molecule has 2 fully saturated rings. The topological polar surface area (TPSA) is 62.3 Å². The standard InChI is InChI=1S/C22H25ClFN3O2S/c23-18-11-15(6-7-19(18)24)22(29)27-10-2-5-16(12-27)21-26-17(13-30-21)8-9-25-20(28)14-3-1-4-14/h6-7,11,13-14,16H,1-5,8-10,12H2,(H,25,28). The molecule has 30 heavy (non-hydrogen) atoms. The fraction of sp³-hybridized carbons (Fsp3) is 0.500. The average molecular weight is 450 g/mol. The Labute approximate surface area is 184 Å². The minimum absolute atomic E-state index is 0.0385. The van der Waals surface area contributed by atoms with Crippen molar-refractivity contribution >= 4 is 34.8 Å². The Hall–Kier alpha value is -1.99. The Bertz CT molecular complexity index is 931. The average Bonchev–Trinajstić information content (AvgIpc) is 3.17. The first-order valence-corrected chi connectivity index (χ1v) is 11.7. The van der Waals surface area contributed by atoms with Crippen LogP contribution in [-0.2, 0) is 11.2 Å². The number of aromatic nitrogens is 1. The van der Waals surface area contributed by atoms with Gasteiger partial charge in [0.05, 0.1) is 15.7 Å². The smallest absolute Gasteiger partial charge is 0.253 e. The lowest BCUT2D eigenvalue weighted by Gasteiger charge is -2.32. The van der Waals surface area contributed by atoms with Crippen LogP contribution in [0.2, 0.25) is 5.02 Å².